The van der Waals surface area contributed by atoms with E-state index in [-0.39, 0.29) is 18.1 Å². The van der Waals surface area contributed by atoms with Crippen LogP contribution in [0.5, 0.6) is 0 Å². The van der Waals surface area contributed by atoms with Crippen LogP contribution in [0.3, 0.4) is 0 Å². The van der Waals surface area contributed by atoms with Crippen molar-refractivity contribution in [1.82, 2.24) is 15.2 Å². The average molecular weight is 329 g/mol. The maximum Gasteiger partial charge on any atom is 0.251 e. The van der Waals surface area contributed by atoms with E-state index in [1.54, 1.807) is 0 Å². The number of amides is 1. The van der Waals surface area contributed by atoms with E-state index in [1.807, 2.05) is 18.2 Å². The number of aromatic amines is 1. The van der Waals surface area contributed by atoms with Gasteiger partial charge in [0.1, 0.15) is 0 Å². The summed E-state index contributed by atoms with van der Waals surface area (Å²) in [4.78, 5) is 18.1. The van der Waals surface area contributed by atoms with Crippen molar-refractivity contribution in [2.75, 3.05) is 26.2 Å². The third-order valence-corrected chi connectivity index (χ3v) is 4.78. The number of fused-ring (bicyclic) bond motifs is 1. The highest BCUT2D eigenvalue weighted by Crippen LogP contribution is 2.22. The van der Waals surface area contributed by atoms with Crippen molar-refractivity contribution < 1.29 is 9.53 Å². The van der Waals surface area contributed by atoms with Crippen molar-refractivity contribution in [3.05, 3.63) is 35.0 Å². The molecule has 1 aliphatic heterocycles. The van der Waals surface area contributed by atoms with E-state index in [1.165, 1.54) is 5.56 Å². The van der Waals surface area contributed by atoms with Gasteiger partial charge in [0.2, 0.25) is 0 Å². The maximum absolute atomic E-state index is 12.4. The van der Waals surface area contributed by atoms with E-state index in [0.717, 1.165) is 36.2 Å². The lowest BCUT2D eigenvalue weighted by atomic mass is 10.1. The molecule has 2 N–H and O–H groups in total. The SMILES string of the molecule is Cc1[nH]c2ccc(C(=O)NCCN3C[C@@H](C)O[C@@H](C)C3)cc2c1C. The second kappa shape index (κ2) is 6.95. The topological polar surface area (TPSA) is 57.4 Å². The Morgan fingerprint density at radius 3 is 2.71 bits per heavy atom. The summed E-state index contributed by atoms with van der Waals surface area (Å²) in [6.45, 7) is 11.7. The number of H-pyrrole nitrogens is 1. The summed E-state index contributed by atoms with van der Waals surface area (Å²) in [6, 6.07) is 5.84. The Balaban J connectivity index is 1.58. The van der Waals surface area contributed by atoms with Crippen LogP contribution in [0.1, 0.15) is 35.5 Å². The first-order valence-corrected chi connectivity index (χ1v) is 8.69. The van der Waals surface area contributed by atoms with Gasteiger partial charge < -0.3 is 15.0 Å². The second-order valence-electron chi connectivity index (χ2n) is 6.91. The van der Waals surface area contributed by atoms with Gasteiger partial charge in [-0.2, -0.15) is 0 Å². The summed E-state index contributed by atoms with van der Waals surface area (Å²) < 4.78 is 5.74. The molecule has 24 heavy (non-hydrogen) atoms. The van der Waals surface area contributed by atoms with E-state index in [0.29, 0.717) is 12.1 Å². The molecule has 0 radical (unpaired) electrons. The molecule has 5 heteroatoms. The minimum absolute atomic E-state index is 0.00971. The van der Waals surface area contributed by atoms with Gasteiger partial charge in [0.05, 0.1) is 12.2 Å². The molecule has 0 unspecified atom stereocenters. The van der Waals surface area contributed by atoms with Gasteiger partial charge in [-0.1, -0.05) is 0 Å². The minimum atomic E-state index is -0.00971. The number of ether oxygens (including phenoxy) is 1. The Labute approximate surface area is 143 Å². The molecule has 2 atom stereocenters. The largest absolute Gasteiger partial charge is 0.373 e. The van der Waals surface area contributed by atoms with Crippen LogP contribution in [0, 0.1) is 13.8 Å². The molecule has 2 aromatic rings. The van der Waals surface area contributed by atoms with E-state index in [2.05, 4.69) is 42.9 Å². The summed E-state index contributed by atoms with van der Waals surface area (Å²) in [5.74, 6) is -0.00971. The summed E-state index contributed by atoms with van der Waals surface area (Å²) in [7, 11) is 0. The molecule has 1 aliphatic rings. The smallest absolute Gasteiger partial charge is 0.251 e. The molecule has 0 aliphatic carbocycles. The van der Waals surface area contributed by atoms with Crippen LogP contribution >= 0.6 is 0 Å². The molecule has 130 valence electrons. The Morgan fingerprint density at radius 2 is 2.00 bits per heavy atom. The molecule has 2 heterocycles. The van der Waals surface area contributed by atoms with Gasteiger partial charge in [0.15, 0.2) is 0 Å². The van der Waals surface area contributed by atoms with Crippen molar-refractivity contribution >= 4 is 16.8 Å². The van der Waals surface area contributed by atoms with Crippen molar-refractivity contribution in [1.29, 1.82) is 0 Å². The van der Waals surface area contributed by atoms with Crippen LogP contribution in [-0.4, -0.2) is 54.2 Å². The molecule has 1 amide bonds. The molecule has 1 aromatic carbocycles. The Kier molecular flexibility index (Phi) is 4.92. The van der Waals surface area contributed by atoms with Gasteiger partial charge in [0, 0.05) is 48.3 Å². The predicted octanol–water partition coefficient (Wildman–Crippen LogP) is 2.62. The first kappa shape index (κ1) is 17.0. The number of nitrogens with zero attached hydrogens (tertiary/aromatic N) is 1. The highest BCUT2D eigenvalue weighted by molar-refractivity contribution is 5.99. The normalized spacial score (nSPS) is 22.0. The average Bonchev–Trinajstić information content (AvgIpc) is 2.80. The number of hydrogen-bond acceptors (Lipinski definition) is 3. The third kappa shape index (κ3) is 3.62. The lowest BCUT2D eigenvalue weighted by molar-refractivity contribution is -0.0672. The Hall–Kier alpha value is -1.85. The number of carbonyl (C=O) groups excluding carboxylic acids is 1. The van der Waals surface area contributed by atoms with Crippen molar-refractivity contribution in [3.63, 3.8) is 0 Å². The van der Waals surface area contributed by atoms with Crippen LogP contribution in [0.2, 0.25) is 0 Å². The number of aromatic nitrogens is 1. The molecule has 1 saturated heterocycles. The summed E-state index contributed by atoms with van der Waals surface area (Å²) in [6.07, 6.45) is 0.512. The quantitative estimate of drug-likeness (QED) is 0.906. The molecule has 1 aromatic heterocycles. The fourth-order valence-electron chi connectivity index (χ4n) is 3.50. The molecule has 0 bridgehead atoms. The molecule has 5 nitrogen and oxygen atoms in total. The second-order valence-corrected chi connectivity index (χ2v) is 6.91. The molecule has 0 spiro atoms. The minimum Gasteiger partial charge on any atom is -0.373 e. The molecule has 0 saturated carbocycles. The summed E-state index contributed by atoms with van der Waals surface area (Å²) >= 11 is 0. The van der Waals surface area contributed by atoms with E-state index in [9.17, 15) is 4.79 Å². The number of benzene rings is 1. The van der Waals surface area contributed by atoms with E-state index in [4.69, 9.17) is 4.74 Å². The number of rotatable bonds is 4. The van der Waals surface area contributed by atoms with Crippen LogP contribution in [0.4, 0.5) is 0 Å². The first-order valence-electron chi connectivity index (χ1n) is 8.69. The summed E-state index contributed by atoms with van der Waals surface area (Å²) in [5.41, 5.74) is 4.15. The van der Waals surface area contributed by atoms with Crippen LogP contribution in [0.15, 0.2) is 18.2 Å². The molecular weight excluding hydrogens is 302 g/mol. The van der Waals surface area contributed by atoms with Crippen molar-refractivity contribution in [2.45, 2.75) is 39.9 Å². The zero-order chi connectivity index (χ0) is 17.3. The van der Waals surface area contributed by atoms with Crippen LogP contribution in [0.25, 0.3) is 10.9 Å². The van der Waals surface area contributed by atoms with Crippen molar-refractivity contribution in [3.8, 4) is 0 Å². The molecule has 3 rings (SSSR count). The van der Waals surface area contributed by atoms with Crippen LogP contribution < -0.4 is 5.32 Å². The van der Waals surface area contributed by atoms with Gasteiger partial charge in [-0.3, -0.25) is 9.69 Å². The fraction of sp³-hybridized carbons (Fsp3) is 0.526. The zero-order valence-corrected chi connectivity index (χ0v) is 15.0. The lowest BCUT2D eigenvalue weighted by Gasteiger charge is -2.35. The van der Waals surface area contributed by atoms with Gasteiger partial charge in [-0.25, -0.2) is 0 Å². The standard InChI is InChI=1S/C19H27N3O2/c1-12-10-22(11-13(2)24-12)8-7-20-19(23)16-5-6-18-17(9-16)14(3)15(4)21-18/h5-6,9,12-13,21H,7-8,10-11H2,1-4H3,(H,20,23)/t12-,13+. The fourth-order valence-corrected chi connectivity index (χ4v) is 3.50. The first-order chi connectivity index (χ1) is 11.4. The van der Waals surface area contributed by atoms with Gasteiger partial charge in [-0.15, -0.1) is 0 Å². The van der Waals surface area contributed by atoms with Crippen LogP contribution in [-0.2, 0) is 4.74 Å². The van der Waals surface area contributed by atoms with E-state index < -0.39 is 0 Å². The maximum atomic E-state index is 12.4. The van der Waals surface area contributed by atoms with Gasteiger partial charge in [0.25, 0.3) is 5.91 Å². The lowest BCUT2D eigenvalue weighted by Crippen LogP contribution is -2.47. The Bertz CT molecular complexity index is 728. The molecular formula is C19H27N3O2. The summed E-state index contributed by atoms with van der Waals surface area (Å²) in [5, 5.41) is 4.16. The monoisotopic (exact) mass is 329 g/mol. The number of carbonyl (C=O) groups is 1. The predicted molar refractivity (Wildman–Crippen MR) is 96.6 cm³/mol. The molecule has 1 fully saturated rings. The number of aryl methyl sites for hydroxylation is 2. The van der Waals surface area contributed by atoms with Crippen molar-refractivity contribution in [2.24, 2.45) is 0 Å². The van der Waals surface area contributed by atoms with Gasteiger partial charge >= 0.3 is 0 Å². The highest BCUT2D eigenvalue weighted by atomic mass is 16.5. The number of nitrogens with one attached hydrogen (secondary N) is 2. The number of morpholine rings is 1. The highest BCUT2D eigenvalue weighted by Gasteiger charge is 2.21. The van der Waals surface area contributed by atoms with E-state index >= 15 is 0 Å². The Morgan fingerprint density at radius 1 is 1.29 bits per heavy atom. The number of hydrogen-bond donors (Lipinski definition) is 2. The zero-order valence-electron chi connectivity index (χ0n) is 15.0. The van der Waals surface area contributed by atoms with Gasteiger partial charge in [-0.05, 0) is 51.5 Å². The third-order valence-electron chi connectivity index (χ3n) is 4.78.